The molecular formula is C29H34FN3O5. The molecule has 0 saturated carbocycles. The van der Waals surface area contributed by atoms with Crippen LogP contribution in [0, 0.1) is 29.5 Å². The fourth-order valence-electron chi connectivity index (χ4n) is 4.71. The van der Waals surface area contributed by atoms with Crippen LogP contribution in [-0.4, -0.2) is 83.8 Å². The van der Waals surface area contributed by atoms with E-state index in [1.165, 1.54) is 12.3 Å². The van der Waals surface area contributed by atoms with E-state index in [1.54, 1.807) is 48.0 Å². The highest BCUT2D eigenvalue weighted by Gasteiger charge is 2.35. The minimum atomic E-state index is -0.439. The Morgan fingerprint density at radius 3 is 2.74 bits per heavy atom. The van der Waals surface area contributed by atoms with Gasteiger partial charge in [0.05, 0.1) is 24.8 Å². The van der Waals surface area contributed by atoms with E-state index in [4.69, 9.17) is 9.47 Å². The second-order valence-electron chi connectivity index (χ2n) is 10.0. The van der Waals surface area contributed by atoms with Gasteiger partial charge >= 0.3 is 0 Å². The molecular weight excluding hydrogens is 489 g/mol. The molecule has 0 spiro atoms. The Balaban J connectivity index is 1.63. The van der Waals surface area contributed by atoms with E-state index >= 15 is 0 Å². The fraction of sp³-hybridized carbons (Fsp3) is 0.483. The Labute approximate surface area is 222 Å². The van der Waals surface area contributed by atoms with Gasteiger partial charge in [0, 0.05) is 50.4 Å². The second-order valence-corrected chi connectivity index (χ2v) is 10.0. The zero-order valence-corrected chi connectivity index (χ0v) is 22.0. The van der Waals surface area contributed by atoms with Gasteiger partial charge in [0.15, 0.2) is 0 Å². The first-order valence-electron chi connectivity index (χ1n) is 13.0. The van der Waals surface area contributed by atoms with Gasteiger partial charge in [-0.2, -0.15) is 0 Å². The van der Waals surface area contributed by atoms with E-state index in [9.17, 15) is 19.1 Å². The summed E-state index contributed by atoms with van der Waals surface area (Å²) in [5, 5.41) is 9.86. The van der Waals surface area contributed by atoms with Crippen LogP contribution in [0.5, 0.6) is 5.88 Å². The first-order chi connectivity index (χ1) is 18.3. The van der Waals surface area contributed by atoms with Crippen molar-refractivity contribution in [3.8, 4) is 17.7 Å². The summed E-state index contributed by atoms with van der Waals surface area (Å²) in [6.45, 7) is 5.34. The van der Waals surface area contributed by atoms with Crippen LogP contribution in [0.25, 0.3) is 0 Å². The lowest BCUT2D eigenvalue weighted by Crippen LogP contribution is -2.51. The third-order valence-corrected chi connectivity index (χ3v) is 7.14. The lowest BCUT2D eigenvalue weighted by molar-refractivity contribution is -0.138. The minimum absolute atomic E-state index is 0.0507. The van der Waals surface area contributed by atoms with E-state index in [2.05, 4.69) is 16.8 Å². The van der Waals surface area contributed by atoms with Crippen LogP contribution in [0.2, 0.25) is 0 Å². The number of nitrogens with zero attached hydrogens (tertiary/aromatic N) is 3. The Morgan fingerprint density at radius 1 is 1.29 bits per heavy atom. The number of aliphatic hydroxyl groups excluding tert-OH is 1. The number of hydrogen-bond acceptors (Lipinski definition) is 6. The smallest absolute Gasteiger partial charge is 0.259 e. The average Bonchev–Trinajstić information content (AvgIpc) is 2.94. The van der Waals surface area contributed by atoms with Crippen LogP contribution >= 0.6 is 0 Å². The summed E-state index contributed by atoms with van der Waals surface area (Å²) in [5.41, 5.74) is 0.877. The highest BCUT2D eigenvalue weighted by molar-refractivity contribution is 5.97. The molecule has 1 N–H and O–H groups in total. The third kappa shape index (κ3) is 6.32. The van der Waals surface area contributed by atoms with Crippen molar-refractivity contribution in [3.05, 3.63) is 59.0 Å². The number of aliphatic hydroxyl groups is 1. The van der Waals surface area contributed by atoms with E-state index in [1.807, 2.05) is 6.92 Å². The first kappa shape index (κ1) is 27.6. The van der Waals surface area contributed by atoms with Crippen molar-refractivity contribution < 1.29 is 28.6 Å². The minimum Gasteiger partial charge on any atom is -0.472 e. The molecule has 3 atom stereocenters. The maximum absolute atomic E-state index is 14.0. The normalized spacial score (nSPS) is 20.8. The number of pyridine rings is 1. The number of benzene rings is 1. The van der Waals surface area contributed by atoms with Crippen molar-refractivity contribution in [3.63, 3.8) is 0 Å². The van der Waals surface area contributed by atoms with Gasteiger partial charge in [-0.1, -0.05) is 30.9 Å². The quantitative estimate of drug-likeness (QED) is 0.606. The molecule has 4 rings (SSSR count). The van der Waals surface area contributed by atoms with Gasteiger partial charge in [-0.25, -0.2) is 9.37 Å². The molecule has 0 aliphatic carbocycles. The zero-order valence-electron chi connectivity index (χ0n) is 22.0. The summed E-state index contributed by atoms with van der Waals surface area (Å²) in [6.07, 6.45) is 2.44. The van der Waals surface area contributed by atoms with E-state index in [-0.39, 0.29) is 47.3 Å². The van der Waals surface area contributed by atoms with Gasteiger partial charge in [0.2, 0.25) is 11.8 Å². The van der Waals surface area contributed by atoms with Crippen molar-refractivity contribution in [1.82, 2.24) is 14.8 Å². The van der Waals surface area contributed by atoms with Crippen molar-refractivity contribution >= 4 is 11.8 Å². The maximum atomic E-state index is 14.0. The predicted molar refractivity (Wildman–Crippen MR) is 139 cm³/mol. The number of aromatic nitrogens is 1. The molecule has 0 bridgehead atoms. The zero-order chi connectivity index (χ0) is 27.2. The van der Waals surface area contributed by atoms with Crippen LogP contribution in [0.3, 0.4) is 0 Å². The molecule has 2 aliphatic rings. The van der Waals surface area contributed by atoms with Gasteiger partial charge in [0.25, 0.3) is 5.91 Å². The number of carbonyl (C=O) groups is 2. The Morgan fingerprint density at radius 2 is 2.03 bits per heavy atom. The van der Waals surface area contributed by atoms with Gasteiger partial charge in [-0.3, -0.25) is 9.59 Å². The van der Waals surface area contributed by atoms with Crippen LogP contribution in [-0.2, 0) is 9.53 Å². The van der Waals surface area contributed by atoms with Gasteiger partial charge in [0.1, 0.15) is 17.5 Å². The molecule has 2 aromatic rings. The Kier molecular flexibility index (Phi) is 8.97. The SMILES string of the molecule is C[C@@H]1CN([C@@H](C)CO)C(=O)c2cc(C#Cc3ccccc3F)cnc2O[C@@H]1CN(C)C(=O)C1CCOCC1. The monoisotopic (exact) mass is 523 g/mol. The summed E-state index contributed by atoms with van der Waals surface area (Å²) in [4.78, 5) is 34.3. The number of amides is 2. The lowest BCUT2D eigenvalue weighted by atomic mass is 9.97. The molecule has 9 heteroatoms. The molecule has 2 amide bonds. The van der Waals surface area contributed by atoms with Crippen LogP contribution < -0.4 is 4.74 Å². The van der Waals surface area contributed by atoms with Crippen molar-refractivity contribution in [2.24, 2.45) is 11.8 Å². The van der Waals surface area contributed by atoms with E-state index < -0.39 is 18.0 Å². The summed E-state index contributed by atoms with van der Waals surface area (Å²) in [5.74, 6) is 4.87. The summed E-state index contributed by atoms with van der Waals surface area (Å²) in [6, 6.07) is 7.34. The molecule has 3 heterocycles. The Hall–Kier alpha value is -3.48. The molecule has 2 aliphatic heterocycles. The molecule has 38 heavy (non-hydrogen) atoms. The lowest BCUT2D eigenvalue weighted by Gasteiger charge is -2.38. The standard InChI is InChI=1S/C29H34FN3O5/c1-19-16-33(20(2)18-34)29(36)24-14-21(8-9-22-6-4-5-7-25(22)30)15-31-27(24)38-26(19)17-32(3)28(35)23-10-12-37-13-11-23/h4-7,14-15,19-20,23,26,34H,10-13,16-18H2,1-3H3/t19-,20+,26-/m1/s1. The molecule has 202 valence electrons. The first-order valence-corrected chi connectivity index (χ1v) is 13.0. The second kappa shape index (κ2) is 12.4. The fourth-order valence-corrected chi connectivity index (χ4v) is 4.71. The number of ether oxygens (including phenoxy) is 2. The highest BCUT2D eigenvalue weighted by atomic mass is 19.1. The topological polar surface area (TPSA) is 92.2 Å². The summed E-state index contributed by atoms with van der Waals surface area (Å²) in [7, 11) is 1.77. The molecule has 0 radical (unpaired) electrons. The summed E-state index contributed by atoms with van der Waals surface area (Å²) < 4.78 is 25.7. The van der Waals surface area contributed by atoms with Crippen LogP contribution in [0.4, 0.5) is 4.39 Å². The average molecular weight is 524 g/mol. The number of likely N-dealkylation sites (N-methyl/N-ethyl adjacent to an activating group) is 1. The van der Waals surface area contributed by atoms with Crippen LogP contribution in [0.1, 0.15) is 48.2 Å². The van der Waals surface area contributed by atoms with Crippen molar-refractivity contribution in [1.29, 1.82) is 0 Å². The third-order valence-electron chi connectivity index (χ3n) is 7.14. The largest absolute Gasteiger partial charge is 0.472 e. The number of hydrogen-bond donors (Lipinski definition) is 1. The molecule has 1 aromatic heterocycles. The van der Waals surface area contributed by atoms with Crippen LogP contribution in [0.15, 0.2) is 36.5 Å². The van der Waals surface area contributed by atoms with Gasteiger partial charge < -0.3 is 24.4 Å². The number of halogens is 1. The maximum Gasteiger partial charge on any atom is 0.259 e. The number of carbonyl (C=O) groups excluding carboxylic acids is 2. The van der Waals surface area contributed by atoms with Crippen molar-refractivity contribution in [2.75, 3.05) is 40.0 Å². The molecule has 1 saturated heterocycles. The Bertz CT molecular complexity index is 1220. The highest BCUT2D eigenvalue weighted by Crippen LogP contribution is 2.28. The molecule has 1 fully saturated rings. The molecule has 1 aromatic carbocycles. The number of rotatable bonds is 5. The van der Waals surface area contributed by atoms with Gasteiger partial charge in [-0.05, 0) is 38.0 Å². The number of fused-ring (bicyclic) bond motifs is 1. The van der Waals surface area contributed by atoms with E-state index in [0.29, 0.717) is 44.7 Å². The summed E-state index contributed by atoms with van der Waals surface area (Å²) >= 11 is 0. The van der Waals surface area contributed by atoms with E-state index in [0.717, 1.165) is 0 Å². The van der Waals surface area contributed by atoms with Gasteiger partial charge in [-0.15, -0.1) is 0 Å². The molecule has 8 nitrogen and oxygen atoms in total. The molecule has 0 unspecified atom stereocenters. The van der Waals surface area contributed by atoms with Crippen molar-refractivity contribution in [2.45, 2.75) is 38.8 Å². The predicted octanol–water partition coefficient (Wildman–Crippen LogP) is 2.73.